The molecule has 1 fully saturated rings. The Morgan fingerprint density at radius 1 is 1.25 bits per heavy atom. The number of aromatic carboxylic acids is 1. The van der Waals surface area contributed by atoms with E-state index in [-0.39, 0.29) is 11.5 Å². The summed E-state index contributed by atoms with van der Waals surface area (Å²) in [5.41, 5.74) is 0.663. The van der Waals surface area contributed by atoms with Crippen LogP contribution >= 0.6 is 0 Å². The summed E-state index contributed by atoms with van der Waals surface area (Å²) in [5.74, 6) is -0.633. The number of ether oxygens (including phenoxy) is 1. The second-order valence-corrected chi connectivity index (χ2v) is 5.01. The van der Waals surface area contributed by atoms with Gasteiger partial charge in [-0.1, -0.05) is 0 Å². The maximum absolute atomic E-state index is 11.9. The first kappa shape index (κ1) is 14.5. The third-order valence-corrected chi connectivity index (χ3v) is 3.49. The molecule has 1 atom stereocenters. The van der Waals surface area contributed by atoms with Crippen LogP contribution in [0.25, 0.3) is 0 Å². The Kier molecular flexibility index (Phi) is 5.12. The number of nitrogens with one attached hydrogen (secondary N) is 1. The van der Waals surface area contributed by atoms with E-state index in [1.54, 1.807) is 0 Å². The van der Waals surface area contributed by atoms with E-state index in [4.69, 9.17) is 9.84 Å². The lowest BCUT2D eigenvalue weighted by molar-refractivity contribution is 0.0514. The van der Waals surface area contributed by atoms with Crippen molar-refractivity contribution in [2.75, 3.05) is 19.8 Å². The van der Waals surface area contributed by atoms with Crippen molar-refractivity contribution >= 4 is 11.9 Å². The second-order valence-electron chi connectivity index (χ2n) is 5.01. The van der Waals surface area contributed by atoms with Gasteiger partial charge in [0.2, 0.25) is 0 Å². The van der Waals surface area contributed by atoms with Crippen LogP contribution in [0.4, 0.5) is 0 Å². The third kappa shape index (κ3) is 4.06. The number of hydrogen-bond donors (Lipinski definition) is 2. The standard InChI is InChI=1S/C15H19NO4/c17-14(12-3-5-13(6-4-12)15(18)19)16-8-7-11-2-1-9-20-10-11/h3-6,11H,1-2,7-10H2,(H,16,17)(H,18,19). The van der Waals surface area contributed by atoms with Crippen LogP contribution in [-0.4, -0.2) is 36.7 Å². The van der Waals surface area contributed by atoms with Gasteiger partial charge in [0.05, 0.1) is 5.56 Å². The zero-order valence-corrected chi connectivity index (χ0v) is 11.3. The number of carboxylic acids is 1. The van der Waals surface area contributed by atoms with Crippen LogP contribution in [0.2, 0.25) is 0 Å². The molecule has 1 aliphatic heterocycles. The summed E-state index contributed by atoms with van der Waals surface area (Å²) < 4.78 is 5.39. The van der Waals surface area contributed by atoms with E-state index in [2.05, 4.69) is 5.32 Å². The van der Waals surface area contributed by atoms with Crippen molar-refractivity contribution < 1.29 is 19.4 Å². The van der Waals surface area contributed by atoms with Gasteiger partial charge in [-0.05, 0) is 49.4 Å². The predicted molar refractivity (Wildman–Crippen MR) is 73.9 cm³/mol. The number of hydrogen-bond acceptors (Lipinski definition) is 3. The molecule has 1 saturated heterocycles. The second kappa shape index (κ2) is 7.05. The average molecular weight is 277 g/mol. The first-order chi connectivity index (χ1) is 9.66. The Morgan fingerprint density at radius 2 is 1.95 bits per heavy atom. The molecular weight excluding hydrogens is 258 g/mol. The normalized spacial score (nSPS) is 18.5. The molecule has 2 N–H and O–H groups in total. The highest BCUT2D eigenvalue weighted by molar-refractivity contribution is 5.95. The fourth-order valence-electron chi connectivity index (χ4n) is 2.29. The molecule has 0 bridgehead atoms. The summed E-state index contributed by atoms with van der Waals surface area (Å²) in [7, 11) is 0. The van der Waals surface area contributed by atoms with Crippen molar-refractivity contribution in [1.29, 1.82) is 0 Å². The lowest BCUT2D eigenvalue weighted by atomic mass is 9.99. The molecule has 5 heteroatoms. The molecule has 1 heterocycles. The Balaban J connectivity index is 1.77. The number of carboxylic acid groups (broad SMARTS) is 1. The number of carbonyl (C=O) groups is 2. The molecule has 108 valence electrons. The first-order valence-corrected chi connectivity index (χ1v) is 6.86. The lowest BCUT2D eigenvalue weighted by Crippen LogP contribution is -2.28. The van der Waals surface area contributed by atoms with E-state index >= 15 is 0 Å². The van der Waals surface area contributed by atoms with E-state index in [1.165, 1.54) is 24.3 Å². The summed E-state index contributed by atoms with van der Waals surface area (Å²) in [5, 5.41) is 11.6. The Hall–Kier alpha value is -1.88. The molecule has 5 nitrogen and oxygen atoms in total. The van der Waals surface area contributed by atoms with Gasteiger partial charge in [0.1, 0.15) is 0 Å². The number of rotatable bonds is 5. The average Bonchev–Trinajstić information content (AvgIpc) is 2.48. The minimum atomic E-state index is -0.991. The smallest absolute Gasteiger partial charge is 0.335 e. The lowest BCUT2D eigenvalue weighted by Gasteiger charge is -2.21. The predicted octanol–water partition coefficient (Wildman–Crippen LogP) is 1.93. The minimum Gasteiger partial charge on any atom is -0.478 e. The zero-order chi connectivity index (χ0) is 14.4. The largest absolute Gasteiger partial charge is 0.478 e. The molecule has 0 saturated carbocycles. The van der Waals surface area contributed by atoms with E-state index in [9.17, 15) is 9.59 Å². The van der Waals surface area contributed by atoms with E-state index in [0.717, 1.165) is 32.5 Å². The molecule has 0 aromatic heterocycles. The molecule has 1 aromatic carbocycles. The van der Waals surface area contributed by atoms with Gasteiger partial charge in [-0.3, -0.25) is 4.79 Å². The number of amides is 1. The van der Waals surface area contributed by atoms with Gasteiger partial charge in [-0.25, -0.2) is 4.79 Å². The molecule has 20 heavy (non-hydrogen) atoms. The van der Waals surface area contributed by atoms with Crippen molar-refractivity contribution in [2.45, 2.75) is 19.3 Å². The van der Waals surface area contributed by atoms with E-state index in [1.807, 2.05) is 0 Å². The molecule has 0 spiro atoms. The van der Waals surface area contributed by atoms with Gasteiger partial charge in [0.25, 0.3) is 5.91 Å². The van der Waals surface area contributed by atoms with E-state index < -0.39 is 5.97 Å². The van der Waals surface area contributed by atoms with Gasteiger partial charge < -0.3 is 15.2 Å². The highest BCUT2D eigenvalue weighted by Gasteiger charge is 2.14. The molecule has 1 amide bonds. The molecule has 1 aliphatic rings. The quantitative estimate of drug-likeness (QED) is 0.862. The van der Waals surface area contributed by atoms with Crippen LogP contribution in [0.1, 0.15) is 40.0 Å². The van der Waals surface area contributed by atoms with Gasteiger partial charge in [-0.15, -0.1) is 0 Å². The fraction of sp³-hybridized carbons (Fsp3) is 0.467. The molecular formula is C15H19NO4. The molecule has 0 aliphatic carbocycles. The van der Waals surface area contributed by atoms with Crippen LogP contribution in [0.3, 0.4) is 0 Å². The summed E-state index contributed by atoms with van der Waals surface area (Å²) in [6.07, 6.45) is 3.16. The van der Waals surface area contributed by atoms with E-state index in [0.29, 0.717) is 18.0 Å². The zero-order valence-electron chi connectivity index (χ0n) is 11.3. The number of benzene rings is 1. The van der Waals surface area contributed by atoms with Crippen LogP contribution < -0.4 is 5.32 Å². The molecule has 2 rings (SSSR count). The SMILES string of the molecule is O=C(O)c1ccc(C(=O)NCCC2CCCOC2)cc1. The van der Waals surface area contributed by atoms with Crippen molar-refractivity contribution in [3.05, 3.63) is 35.4 Å². The monoisotopic (exact) mass is 277 g/mol. The number of carbonyl (C=O) groups excluding carboxylic acids is 1. The van der Waals surface area contributed by atoms with Crippen LogP contribution in [-0.2, 0) is 4.74 Å². The van der Waals surface area contributed by atoms with Gasteiger partial charge >= 0.3 is 5.97 Å². The summed E-state index contributed by atoms with van der Waals surface area (Å²) in [4.78, 5) is 22.6. The minimum absolute atomic E-state index is 0.168. The van der Waals surface area contributed by atoms with Crippen molar-refractivity contribution in [3.8, 4) is 0 Å². The maximum Gasteiger partial charge on any atom is 0.335 e. The summed E-state index contributed by atoms with van der Waals surface area (Å²) in [6.45, 7) is 2.25. The maximum atomic E-state index is 11.9. The summed E-state index contributed by atoms with van der Waals surface area (Å²) >= 11 is 0. The van der Waals surface area contributed by atoms with Crippen molar-refractivity contribution in [1.82, 2.24) is 5.32 Å². The van der Waals surface area contributed by atoms with Gasteiger partial charge in [0.15, 0.2) is 0 Å². The summed E-state index contributed by atoms with van der Waals surface area (Å²) in [6, 6.07) is 5.93. The Morgan fingerprint density at radius 3 is 2.55 bits per heavy atom. The fourth-order valence-corrected chi connectivity index (χ4v) is 2.29. The van der Waals surface area contributed by atoms with Crippen molar-refractivity contribution in [3.63, 3.8) is 0 Å². The highest BCUT2D eigenvalue weighted by Crippen LogP contribution is 2.16. The Bertz CT molecular complexity index is 463. The highest BCUT2D eigenvalue weighted by atomic mass is 16.5. The first-order valence-electron chi connectivity index (χ1n) is 6.86. The van der Waals surface area contributed by atoms with Crippen LogP contribution in [0.15, 0.2) is 24.3 Å². The van der Waals surface area contributed by atoms with Gasteiger partial charge in [-0.2, -0.15) is 0 Å². The van der Waals surface area contributed by atoms with Gasteiger partial charge in [0, 0.05) is 25.3 Å². The third-order valence-electron chi connectivity index (χ3n) is 3.49. The molecule has 1 aromatic rings. The van der Waals surface area contributed by atoms with Crippen molar-refractivity contribution in [2.24, 2.45) is 5.92 Å². The Labute approximate surface area is 117 Å². The molecule has 0 radical (unpaired) electrons. The van der Waals surface area contributed by atoms with Crippen LogP contribution in [0, 0.1) is 5.92 Å². The molecule has 1 unspecified atom stereocenters. The van der Waals surface area contributed by atoms with Crippen LogP contribution in [0.5, 0.6) is 0 Å². The topological polar surface area (TPSA) is 75.6 Å².